The maximum Gasteiger partial charge on any atom is 0.343 e. The summed E-state index contributed by atoms with van der Waals surface area (Å²) < 4.78 is 34.0. The van der Waals surface area contributed by atoms with E-state index in [1.165, 1.54) is 13.2 Å². The van der Waals surface area contributed by atoms with Crippen molar-refractivity contribution in [2.45, 2.75) is 72.1 Å². The summed E-state index contributed by atoms with van der Waals surface area (Å²) in [6, 6.07) is 6.35. The highest BCUT2D eigenvalue weighted by Gasteiger charge is 2.38. The molecule has 218 valence electrons. The van der Waals surface area contributed by atoms with Gasteiger partial charge in [0.2, 0.25) is 11.3 Å². The van der Waals surface area contributed by atoms with Crippen molar-refractivity contribution < 1.29 is 23.1 Å². The third kappa shape index (κ3) is 6.58. The number of aromatic nitrogens is 2. The molecule has 0 aliphatic carbocycles. The number of halogens is 2. The van der Waals surface area contributed by atoms with Gasteiger partial charge in [0, 0.05) is 18.2 Å². The molecule has 7 nitrogen and oxygen atoms in total. The van der Waals surface area contributed by atoms with Gasteiger partial charge in [-0.1, -0.05) is 58.4 Å². The van der Waals surface area contributed by atoms with Crippen LogP contribution in [0.3, 0.4) is 0 Å². The fourth-order valence-electron chi connectivity index (χ4n) is 4.21. The fourth-order valence-corrected chi connectivity index (χ4v) is 5.43. The lowest BCUT2D eigenvalue weighted by Crippen LogP contribution is -2.42. The Labute approximate surface area is 241 Å². The Balaban J connectivity index is 2.29. The molecule has 1 aromatic carbocycles. The number of methoxy groups -OCH3 is 1. The van der Waals surface area contributed by atoms with Gasteiger partial charge in [0.05, 0.1) is 36.9 Å². The summed E-state index contributed by atoms with van der Waals surface area (Å²) in [6.07, 6.45) is 1.68. The van der Waals surface area contributed by atoms with Gasteiger partial charge >= 0.3 is 5.97 Å². The van der Waals surface area contributed by atoms with Crippen molar-refractivity contribution in [2.75, 3.05) is 20.3 Å². The Morgan fingerprint density at radius 2 is 1.88 bits per heavy atom. The molecule has 0 spiro atoms. The zero-order valence-corrected chi connectivity index (χ0v) is 26.6. The van der Waals surface area contributed by atoms with Gasteiger partial charge in [-0.25, -0.2) is 14.2 Å². The number of pyridine rings is 2. The van der Waals surface area contributed by atoms with E-state index in [9.17, 15) is 14.0 Å². The van der Waals surface area contributed by atoms with E-state index in [4.69, 9.17) is 25.5 Å². The highest BCUT2D eigenvalue weighted by Crippen LogP contribution is 2.38. The Bertz CT molecular complexity index is 1450. The molecule has 0 aliphatic rings. The van der Waals surface area contributed by atoms with E-state index < -0.39 is 25.5 Å². The summed E-state index contributed by atoms with van der Waals surface area (Å²) in [5.74, 6) is -1.01. The molecule has 0 N–H and O–H groups in total. The van der Waals surface area contributed by atoms with Crippen LogP contribution in [0.1, 0.15) is 69.1 Å². The average Bonchev–Trinajstić information content (AvgIpc) is 2.87. The molecule has 10 heteroatoms. The maximum atomic E-state index is 14.8. The fraction of sp³-hybridized carbons (Fsp3) is 0.500. The van der Waals surface area contributed by atoms with E-state index in [1.54, 1.807) is 31.3 Å². The average molecular weight is 591 g/mol. The van der Waals surface area contributed by atoms with E-state index in [-0.39, 0.29) is 52.0 Å². The molecule has 0 bridgehead atoms. The van der Waals surface area contributed by atoms with Gasteiger partial charge in [-0.15, -0.1) is 0 Å². The van der Waals surface area contributed by atoms with E-state index in [0.29, 0.717) is 23.3 Å². The molecule has 0 amide bonds. The second kappa shape index (κ2) is 12.4. The molecule has 0 saturated carbocycles. The number of esters is 1. The lowest BCUT2D eigenvalue weighted by molar-refractivity contribution is 0.0523. The molecule has 0 radical (unpaired) electrons. The second-order valence-corrected chi connectivity index (χ2v) is 17.0. The lowest BCUT2D eigenvalue weighted by Gasteiger charge is -2.38. The van der Waals surface area contributed by atoms with Crippen LogP contribution < -0.4 is 10.2 Å². The SMILES string of the molecule is CCOC(=O)c1cn([C@H](CO[Si](C)(C)C(C)(C)C)C(C)C)c2cc(Cc3cccc(Cl)c3F)c(OC)nc2c1=O. The highest BCUT2D eigenvalue weighted by molar-refractivity contribution is 6.74. The first-order valence-electron chi connectivity index (χ1n) is 13.5. The van der Waals surface area contributed by atoms with Crippen LogP contribution in [0.25, 0.3) is 11.0 Å². The lowest BCUT2D eigenvalue weighted by atomic mass is 10.0. The smallest absolute Gasteiger partial charge is 0.343 e. The van der Waals surface area contributed by atoms with Crippen molar-refractivity contribution in [3.8, 4) is 5.88 Å². The van der Waals surface area contributed by atoms with E-state index in [2.05, 4.69) is 52.7 Å². The summed E-state index contributed by atoms with van der Waals surface area (Å²) in [5.41, 5.74) is 0.822. The predicted molar refractivity (Wildman–Crippen MR) is 160 cm³/mol. The van der Waals surface area contributed by atoms with Gasteiger partial charge in [0.1, 0.15) is 16.9 Å². The maximum absolute atomic E-state index is 14.8. The number of carbonyl (C=O) groups excluding carboxylic acids is 1. The van der Waals surface area contributed by atoms with Crippen LogP contribution in [-0.4, -0.2) is 44.2 Å². The van der Waals surface area contributed by atoms with Crippen LogP contribution in [0.15, 0.2) is 35.3 Å². The van der Waals surface area contributed by atoms with E-state index >= 15 is 0 Å². The number of nitrogens with zero attached hydrogens (tertiary/aromatic N) is 2. The Morgan fingerprint density at radius 3 is 2.45 bits per heavy atom. The van der Waals surface area contributed by atoms with Crippen molar-refractivity contribution in [1.82, 2.24) is 9.55 Å². The van der Waals surface area contributed by atoms with E-state index in [0.717, 1.165) is 0 Å². The molecule has 3 rings (SSSR count). The van der Waals surface area contributed by atoms with Crippen LogP contribution in [0.4, 0.5) is 4.39 Å². The number of ether oxygens (including phenoxy) is 2. The van der Waals surface area contributed by atoms with Crippen LogP contribution in [-0.2, 0) is 15.6 Å². The molecule has 40 heavy (non-hydrogen) atoms. The predicted octanol–water partition coefficient (Wildman–Crippen LogP) is 7.18. The molecule has 0 saturated heterocycles. The largest absolute Gasteiger partial charge is 0.481 e. The number of carbonyl (C=O) groups is 1. The van der Waals surface area contributed by atoms with Gasteiger partial charge in [0.15, 0.2) is 8.32 Å². The molecule has 3 aromatic rings. The zero-order chi connectivity index (χ0) is 30.0. The summed E-state index contributed by atoms with van der Waals surface area (Å²) in [4.78, 5) is 30.9. The number of hydrogen-bond acceptors (Lipinski definition) is 6. The molecule has 2 aromatic heterocycles. The minimum atomic E-state index is -2.12. The standard InChI is InChI=1S/C30H40ClFN2O5Si/c1-10-38-29(36)21-16-34(24(18(2)3)17-39-40(8,9)30(4,5)6)23-15-20(28(37-7)33-26(23)27(21)35)14-19-12-11-13-22(31)25(19)32/h11-13,15-16,18,24H,10,14,17H2,1-9H3/t24-/m1/s1. The van der Waals surface area contributed by atoms with Crippen LogP contribution in [0.5, 0.6) is 5.88 Å². The second-order valence-electron chi connectivity index (χ2n) is 11.8. The molecular weight excluding hydrogens is 551 g/mol. The van der Waals surface area contributed by atoms with Crippen LogP contribution >= 0.6 is 11.6 Å². The summed E-state index contributed by atoms with van der Waals surface area (Å²) in [5, 5.41) is 0.0168. The Hall–Kier alpha value is -2.75. The van der Waals surface area contributed by atoms with Crippen LogP contribution in [0.2, 0.25) is 23.2 Å². The van der Waals surface area contributed by atoms with Crippen molar-refractivity contribution in [3.05, 3.63) is 68.2 Å². The van der Waals surface area contributed by atoms with Crippen molar-refractivity contribution >= 4 is 36.9 Å². The normalized spacial score (nSPS) is 13.1. The van der Waals surface area contributed by atoms with Gasteiger partial charge in [-0.3, -0.25) is 4.79 Å². The molecular formula is C30H40ClFN2O5Si. The third-order valence-corrected chi connectivity index (χ3v) is 12.5. The molecule has 0 aliphatic heterocycles. The quantitative estimate of drug-likeness (QED) is 0.184. The molecule has 0 fully saturated rings. The van der Waals surface area contributed by atoms with E-state index in [1.807, 2.05) is 4.57 Å². The topological polar surface area (TPSA) is 79.7 Å². The Kier molecular flexibility index (Phi) is 9.85. The minimum Gasteiger partial charge on any atom is -0.481 e. The number of benzene rings is 1. The third-order valence-electron chi connectivity index (χ3n) is 7.70. The van der Waals surface area contributed by atoms with Gasteiger partial charge < -0.3 is 18.5 Å². The van der Waals surface area contributed by atoms with Crippen molar-refractivity contribution in [1.29, 1.82) is 0 Å². The first-order chi connectivity index (χ1) is 18.6. The summed E-state index contributed by atoms with van der Waals surface area (Å²) in [6.45, 7) is 17.2. The first-order valence-corrected chi connectivity index (χ1v) is 16.8. The molecule has 1 atom stereocenters. The number of rotatable bonds is 10. The summed E-state index contributed by atoms with van der Waals surface area (Å²) >= 11 is 6.03. The molecule has 2 heterocycles. The number of hydrogen-bond donors (Lipinski definition) is 0. The number of fused-ring (bicyclic) bond motifs is 1. The minimum absolute atomic E-state index is 0.000641. The van der Waals surface area contributed by atoms with Crippen molar-refractivity contribution in [2.24, 2.45) is 5.92 Å². The van der Waals surface area contributed by atoms with Crippen molar-refractivity contribution in [3.63, 3.8) is 0 Å². The summed E-state index contributed by atoms with van der Waals surface area (Å²) in [7, 11) is -0.684. The zero-order valence-electron chi connectivity index (χ0n) is 24.9. The monoisotopic (exact) mass is 590 g/mol. The molecule has 0 unspecified atom stereocenters. The first kappa shape index (κ1) is 31.8. The Morgan fingerprint density at radius 1 is 1.20 bits per heavy atom. The van der Waals surface area contributed by atoms with Gasteiger partial charge in [-0.05, 0) is 48.7 Å². The van der Waals surface area contributed by atoms with Gasteiger partial charge in [-0.2, -0.15) is 0 Å². The highest BCUT2D eigenvalue weighted by atomic mass is 35.5. The van der Waals surface area contributed by atoms with Gasteiger partial charge in [0.25, 0.3) is 0 Å². The van der Waals surface area contributed by atoms with Crippen LogP contribution in [0, 0.1) is 11.7 Å².